The maximum absolute atomic E-state index is 13.3. The fourth-order valence-electron chi connectivity index (χ4n) is 3.65. The Morgan fingerprint density at radius 3 is 2.40 bits per heavy atom. The van der Waals surface area contributed by atoms with Gasteiger partial charge in [-0.3, -0.25) is 19.2 Å². The van der Waals surface area contributed by atoms with Gasteiger partial charge in [0.1, 0.15) is 18.6 Å². The smallest absolute Gasteiger partial charge is 0.322 e. The molecule has 0 aliphatic heterocycles. The predicted molar refractivity (Wildman–Crippen MR) is 137 cm³/mol. The molecule has 1 aromatic carbocycles. The number of rotatable bonds is 14. The number of hydrogen-bond donors (Lipinski definition) is 6. The van der Waals surface area contributed by atoms with Crippen LogP contribution in [0.25, 0.3) is 10.9 Å². The third kappa shape index (κ3) is 8.91. The molecule has 10 nitrogen and oxygen atoms in total. The van der Waals surface area contributed by atoms with E-state index in [-0.39, 0.29) is 12.3 Å². The van der Waals surface area contributed by atoms with E-state index >= 15 is 0 Å². The number of thioether (sulfide) groups is 1. The highest BCUT2D eigenvalue weighted by Gasteiger charge is 2.29. The van der Waals surface area contributed by atoms with E-state index in [9.17, 15) is 19.2 Å². The van der Waals surface area contributed by atoms with Gasteiger partial charge in [-0.2, -0.15) is 11.8 Å². The Morgan fingerprint density at radius 2 is 1.74 bits per heavy atom. The first-order valence-corrected chi connectivity index (χ1v) is 12.9. The fourth-order valence-corrected chi connectivity index (χ4v) is 4.14. The van der Waals surface area contributed by atoms with Crippen LogP contribution >= 0.6 is 11.8 Å². The largest absolute Gasteiger partial charge is 0.480 e. The average molecular weight is 506 g/mol. The van der Waals surface area contributed by atoms with Crippen molar-refractivity contribution in [1.82, 2.24) is 20.9 Å². The third-order valence-corrected chi connectivity index (χ3v) is 6.10. The number of carboxylic acids is 1. The van der Waals surface area contributed by atoms with Crippen LogP contribution in [0.4, 0.5) is 0 Å². The van der Waals surface area contributed by atoms with Crippen molar-refractivity contribution in [3.63, 3.8) is 0 Å². The molecular weight excluding hydrogens is 470 g/mol. The number of amides is 3. The number of nitrogens with two attached hydrogens (primary N) is 1. The SMILES string of the molecule is CSCCC(N)C(=O)NC(Cc1c[nH]c2ccccc12)C(=O)NC(CC(C)C)C(=O)NCC(=O)O. The molecule has 0 radical (unpaired) electrons. The van der Waals surface area contributed by atoms with Crippen molar-refractivity contribution in [2.75, 3.05) is 18.6 Å². The molecule has 1 aromatic heterocycles. The van der Waals surface area contributed by atoms with Gasteiger partial charge in [-0.15, -0.1) is 0 Å². The average Bonchev–Trinajstić information content (AvgIpc) is 3.22. The van der Waals surface area contributed by atoms with Gasteiger partial charge in [-0.1, -0.05) is 32.0 Å². The molecule has 7 N–H and O–H groups in total. The molecule has 0 aliphatic rings. The Bertz CT molecular complexity index is 1020. The van der Waals surface area contributed by atoms with Crippen molar-refractivity contribution >= 4 is 46.4 Å². The second kappa shape index (κ2) is 13.7. The second-order valence-corrected chi connectivity index (χ2v) is 9.80. The zero-order valence-corrected chi connectivity index (χ0v) is 21.1. The van der Waals surface area contributed by atoms with Gasteiger partial charge in [-0.05, 0) is 42.4 Å². The molecule has 0 spiro atoms. The highest BCUT2D eigenvalue weighted by atomic mass is 32.2. The van der Waals surface area contributed by atoms with Crippen LogP contribution in [-0.2, 0) is 25.6 Å². The van der Waals surface area contributed by atoms with Crippen LogP contribution in [0.15, 0.2) is 30.5 Å². The summed E-state index contributed by atoms with van der Waals surface area (Å²) in [5, 5.41) is 17.6. The van der Waals surface area contributed by atoms with E-state index in [1.807, 2.05) is 44.4 Å². The molecule has 2 aromatic rings. The lowest BCUT2D eigenvalue weighted by Gasteiger charge is -2.25. The minimum absolute atomic E-state index is 0.0532. The minimum atomic E-state index is -1.18. The molecule has 2 rings (SSSR count). The van der Waals surface area contributed by atoms with E-state index in [1.165, 1.54) is 0 Å². The fraction of sp³-hybridized carbons (Fsp3) is 0.500. The van der Waals surface area contributed by atoms with Crippen molar-refractivity contribution in [3.8, 4) is 0 Å². The van der Waals surface area contributed by atoms with Crippen molar-refractivity contribution < 1.29 is 24.3 Å². The number of aliphatic carboxylic acids is 1. The van der Waals surface area contributed by atoms with Gasteiger partial charge >= 0.3 is 5.97 Å². The molecule has 0 saturated heterocycles. The molecule has 11 heteroatoms. The normalized spacial score (nSPS) is 13.7. The number of aromatic nitrogens is 1. The topological polar surface area (TPSA) is 166 Å². The molecule has 0 fully saturated rings. The molecule has 3 atom stereocenters. The number of fused-ring (bicyclic) bond motifs is 1. The standard InChI is InChI=1S/C24H35N5O5S/c1-14(2)10-19(23(33)27-13-21(30)31)29-24(34)20(28-22(32)17(25)8-9-35-3)11-15-12-26-18-7-5-4-6-16(15)18/h4-7,12,14,17,19-20,26H,8-11,13,25H2,1-3H3,(H,27,33)(H,28,32)(H,29,34)(H,30,31). The Morgan fingerprint density at radius 1 is 1.06 bits per heavy atom. The number of carbonyl (C=O) groups excluding carboxylic acids is 3. The number of hydrogen-bond acceptors (Lipinski definition) is 6. The van der Waals surface area contributed by atoms with Crippen molar-refractivity contribution in [2.24, 2.45) is 11.7 Å². The van der Waals surface area contributed by atoms with Gasteiger partial charge in [0, 0.05) is 23.5 Å². The first-order valence-electron chi connectivity index (χ1n) is 11.5. The highest BCUT2D eigenvalue weighted by Crippen LogP contribution is 2.19. The zero-order valence-electron chi connectivity index (χ0n) is 20.3. The number of benzene rings is 1. The molecule has 1 heterocycles. The second-order valence-electron chi connectivity index (χ2n) is 8.82. The summed E-state index contributed by atoms with van der Waals surface area (Å²) < 4.78 is 0. The molecular formula is C24H35N5O5S. The van der Waals surface area contributed by atoms with Gasteiger partial charge in [0.15, 0.2) is 0 Å². The lowest BCUT2D eigenvalue weighted by Crippen LogP contribution is -2.57. The Balaban J connectivity index is 2.24. The van der Waals surface area contributed by atoms with Gasteiger partial charge in [-0.25, -0.2) is 0 Å². The zero-order chi connectivity index (χ0) is 26.0. The Hall–Kier alpha value is -3.05. The minimum Gasteiger partial charge on any atom is -0.480 e. The predicted octanol–water partition coefficient (Wildman–Crippen LogP) is 1.01. The van der Waals surface area contributed by atoms with E-state index in [0.717, 1.165) is 16.5 Å². The number of aromatic amines is 1. The van der Waals surface area contributed by atoms with Crippen LogP contribution in [0.5, 0.6) is 0 Å². The summed E-state index contributed by atoms with van der Waals surface area (Å²) in [6, 6.07) is 4.91. The van der Waals surface area contributed by atoms with Crippen LogP contribution in [0.2, 0.25) is 0 Å². The maximum atomic E-state index is 13.3. The van der Waals surface area contributed by atoms with Crippen molar-refractivity contribution in [1.29, 1.82) is 0 Å². The number of carboxylic acid groups (broad SMARTS) is 1. The summed E-state index contributed by atoms with van der Waals surface area (Å²) in [6.45, 7) is 3.22. The lowest BCUT2D eigenvalue weighted by molar-refractivity contribution is -0.138. The first kappa shape index (κ1) is 28.2. The summed E-state index contributed by atoms with van der Waals surface area (Å²) in [4.78, 5) is 52.7. The number of para-hydroxylation sites is 1. The van der Waals surface area contributed by atoms with Crippen LogP contribution in [0, 0.1) is 5.92 Å². The summed E-state index contributed by atoms with van der Waals surface area (Å²) in [6.07, 6.45) is 4.65. The molecule has 0 bridgehead atoms. The van der Waals surface area contributed by atoms with Crippen molar-refractivity contribution in [3.05, 3.63) is 36.0 Å². The third-order valence-electron chi connectivity index (χ3n) is 5.46. The Kier molecular flexibility index (Phi) is 11.1. The molecule has 3 amide bonds. The van der Waals surface area contributed by atoms with Crippen LogP contribution in [-0.4, -0.2) is 70.5 Å². The van der Waals surface area contributed by atoms with Gasteiger partial charge in [0.25, 0.3) is 0 Å². The van der Waals surface area contributed by atoms with Crippen LogP contribution in [0.3, 0.4) is 0 Å². The van der Waals surface area contributed by atoms with E-state index in [0.29, 0.717) is 18.6 Å². The molecule has 192 valence electrons. The number of carbonyl (C=O) groups is 4. The molecule has 0 saturated carbocycles. The van der Waals surface area contributed by atoms with Crippen LogP contribution < -0.4 is 21.7 Å². The molecule has 0 aliphatic carbocycles. The summed E-state index contributed by atoms with van der Waals surface area (Å²) >= 11 is 1.57. The monoisotopic (exact) mass is 505 g/mol. The van der Waals surface area contributed by atoms with Gasteiger partial charge in [0.05, 0.1) is 6.04 Å². The quantitative estimate of drug-likeness (QED) is 0.223. The van der Waals surface area contributed by atoms with Crippen LogP contribution in [0.1, 0.15) is 32.3 Å². The summed E-state index contributed by atoms with van der Waals surface area (Å²) in [7, 11) is 0. The van der Waals surface area contributed by atoms with Crippen molar-refractivity contribution in [2.45, 2.75) is 51.2 Å². The lowest BCUT2D eigenvalue weighted by atomic mass is 10.0. The number of H-pyrrole nitrogens is 1. The summed E-state index contributed by atoms with van der Waals surface area (Å²) in [5.74, 6) is -2.02. The van der Waals surface area contributed by atoms with E-state index in [4.69, 9.17) is 10.8 Å². The highest BCUT2D eigenvalue weighted by molar-refractivity contribution is 7.98. The molecule has 3 unspecified atom stereocenters. The number of nitrogens with one attached hydrogen (secondary N) is 4. The molecule has 35 heavy (non-hydrogen) atoms. The Labute approximate surface area is 209 Å². The van der Waals surface area contributed by atoms with E-state index in [1.54, 1.807) is 18.0 Å². The van der Waals surface area contributed by atoms with E-state index < -0.39 is 48.4 Å². The maximum Gasteiger partial charge on any atom is 0.322 e. The van der Waals surface area contributed by atoms with E-state index in [2.05, 4.69) is 20.9 Å². The summed E-state index contributed by atoms with van der Waals surface area (Å²) in [5.41, 5.74) is 7.74. The first-order chi connectivity index (χ1) is 16.6. The van der Waals surface area contributed by atoms with Gasteiger partial charge in [0.2, 0.25) is 17.7 Å². The van der Waals surface area contributed by atoms with Gasteiger partial charge < -0.3 is 31.8 Å².